The lowest BCUT2D eigenvalue weighted by molar-refractivity contribution is 0.361. The van der Waals surface area contributed by atoms with Gasteiger partial charge < -0.3 is 4.52 Å². The zero-order chi connectivity index (χ0) is 29.8. The number of aromatic amines is 1. The molecular weight excluding hydrogens is 544 g/mol. The van der Waals surface area contributed by atoms with Crippen LogP contribution in [-0.2, 0) is 19.4 Å². The quantitative estimate of drug-likeness (QED) is 0.213. The van der Waals surface area contributed by atoms with Crippen LogP contribution in [0.4, 0.5) is 0 Å². The fourth-order valence-corrected chi connectivity index (χ4v) is 5.93. The van der Waals surface area contributed by atoms with Gasteiger partial charge in [0, 0.05) is 29.2 Å². The number of H-pyrrole nitrogens is 1. The molecule has 1 saturated carbocycles. The van der Waals surface area contributed by atoms with E-state index in [1.54, 1.807) is 4.57 Å². The van der Waals surface area contributed by atoms with Crippen molar-refractivity contribution in [2.75, 3.05) is 0 Å². The Hall–Kier alpha value is -4.60. The summed E-state index contributed by atoms with van der Waals surface area (Å²) < 4.78 is 12.1. The van der Waals surface area contributed by atoms with Crippen LogP contribution in [0, 0.1) is 6.92 Å². The van der Waals surface area contributed by atoms with Crippen molar-refractivity contribution in [2.45, 2.75) is 84.1 Å². The van der Waals surface area contributed by atoms with Gasteiger partial charge in [-0.05, 0) is 42.9 Å². The number of hydrogen-bond acceptors (Lipinski definition) is 8. The van der Waals surface area contributed by atoms with Crippen LogP contribution in [0.1, 0.15) is 92.1 Å². The van der Waals surface area contributed by atoms with Gasteiger partial charge in [-0.1, -0.05) is 91.5 Å². The third-order valence-corrected chi connectivity index (χ3v) is 8.31. The van der Waals surface area contributed by atoms with Crippen LogP contribution in [0.2, 0.25) is 0 Å². The molecule has 0 bridgehead atoms. The van der Waals surface area contributed by atoms with Crippen molar-refractivity contribution in [1.82, 2.24) is 29.8 Å². The van der Waals surface area contributed by atoms with E-state index in [1.165, 1.54) is 19.3 Å². The van der Waals surface area contributed by atoms with Crippen molar-refractivity contribution >= 4 is 0 Å². The number of benzene rings is 2. The van der Waals surface area contributed by atoms with E-state index in [1.807, 2.05) is 55.5 Å². The molecule has 0 saturated heterocycles. The number of aryl methyl sites for hydroxylation is 2. The number of unbranched alkanes of at least 4 members (excludes halogenated alkanes) is 1. The molecule has 10 nitrogen and oxygen atoms in total. The molecule has 1 N–H and O–H groups in total. The maximum absolute atomic E-state index is 14.0. The van der Waals surface area contributed by atoms with Gasteiger partial charge in [0.15, 0.2) is 11.6 Å². The minimum absolute atomic E-state index is 0.0690. The van der Waals surface area contributed by atoms with E-state index in [0.29, 0.717) is 35.4 Å². The monoisotopic (exact) mass is 580 g/mol. The minimum Gasteiger partial charge on any atom is -0.339 e. The molecule has 0 radical (unpaired) electrons. The van der Waals surface area contributed by atoms with Gasteiger partial charge in [0.05, 0.1) is 13.0 Å². The molecule has 0 amide bonds. The van der Waals surface area contributed by atoms with Crippen molar-refractivity contribution in [3.8, 4) is 22.5 Å². The van der Waals surface area contributed by atoms with E-state index in [4.69, 9.17) is 14.0 Å². The Morgan fingerprint density at radius 2 is 1.70 bits per heavy atom. The third-order valence-electron chi connectivity index (χ3n) is 8.31. The number of aromatic nitrogens is 6. The highest BCUT2D eigenvalue weighted by Crippen LogP contribution is 2.31. The van der Waals surface area contributed by atoms with Crippen LogP contribution in [0.5, 0.6) is 0 Å². The summed E-state index contributed by atoms with van der Waals surface area (Å²) in [6.45, 7) is 4.42. The second-order valence-electron chi connectivity index (χ2n) is 11.3. The van der Waals surface area contributed by atoms with Crippen molar-refractivity contribution < 1.29 is 9.05 Å². The van der Waals surface area contributed by atoms with Gasteiger partial charge in [-0.15, -0.1) is 0 Å². The number of hydrogen-bond donors (Lipinski definition) is 1. The molecule has 0 spiro atoms. The van der Waals surface area contributed by atoms with E-state index in [0.717, 1.165) is 66.0 Å². The van der Waals surface area contributed by atoms with E-state index >= 15 is 0 Å². The van der Waals surface area contributed by atoms with Gasteiger partial charge in [-0.2, -0.15) is 4.98 Å². The molecule has 1 fully saturated rings. The molecule has 0 aliphatic heterocycles. The molecule has 1 aliphatic rings. The van der Waals surface area contributed by atoms with E-state index in [9.17, 15) is 9.59 Å². The zero-order valence-corrected chi connectivity index (χ0v) is 24.6. The lowest BCUT2D eigenvalue weighted by atomic mass is 9.89. The SMILES string of the molecule is CCCCc1nc(C)c(Cc2nc(C3CCCCC3)no2)c(=O)n1Cc1ccc(-c2ccccc2-c2noc(=O)[nH]2)cc1. The summed E-state index contributed by atoms with van der Waals surface area (Å²) in [6.07, 6.45) is 8.76. The highest BCUT2D eigenvalue weighted by atomic mass is 16.5. The van der Waals surface area contributed by atoms with Crippen molar-refractivity contribution in [3.05, 3.63) is 104 Å². The normalized spacial score (nSPS) is 13.9. The fraction of sp³-hybridized carbons (Fsp3) is 0.394. The van der Waals surface area contributed by atoms with Gasteiger partial charge >= 0.3 is 5.76 Å². The molecule has 5 aromatic rings. The minimum atomic E-state index is -0.598. The van der Waals surface area contributed by atoms with Crippen LogP contribution in [0.25, 0.3) is 22.5 Å². The van der Waals surface area contributed by atoms with Crippen LogP contribution in [0.15, 0.2) is 67.2 Å². The number of nitrogens with one attached hydrogen (secondary N) is 1. The largest absolute Gasteiger partial charge is 0.439 e. The third kappa shape index (κ3) is 6.28. The Balaban J connectivity index is 1.28. The van der Waals surface area contributed by atoms with Gasteiger partial charge in [0.2, 0.25) is 5.89 Å². The lowest BCUT2D eigenvalue weighted by Crippen LogP contribution is -2.30. The summed E-state index contributed by atoms with van der Waals surface area (Å²) >= 11 is 0. The first-order chi connectivity index (χ1) is 21.0. The number of rotatable bonds is 10. The Morgan fingerprint density at radius 3 is 2.42 bits per heavy atom. The Bertz CT molecular complexity index is 1810. The van der Waals surface area contributed by atoms with E-state index < -0.39 is 5.76 Å². The maximum atomic E-state index is 14.0. The fourth-order valence-electron chi connectivity index (χ4n) is 5.93. The standard InChI is InChI=1S/C33H36N6O4/c1-3-4-14-28-34-21(2)27(19-29-35-30(37-42-29)24-10-6-5-7-11-24)32(40)39(28)20-22-15-17-23(18-16-22)25-12-8-9-13-26(25)31-36-33(41)43-38-31/h8-9,12-13,15-18,24H,3-7,10-11,14,19-20H2,1-2H3,(H,36,38,41). The van der Waals surface area contributed by atoms with Gasteiger partial charge in [0.25, 0.3) is 5.56 Å². The summed E-state index contributed by atoms with van der Waals surface area (Å²) in [6, 6.07) is 15.7. The molecular formula is C33H36N6O4. The first-order valence-electron chi connectivity index (χ1n) is 15.2. The summed E-state index contributed by atoms with van der Waals surface area (Å²) in [5.74, 6) is 2.13. The van der Waals surface area contributed by atoms with Crippen molar-refractivity contribution in [2.24, 2.45) is 0 Å². The van der Waals surface area contributed by atoms with Crippen LogP contribution >= 0.6 is 0 Å². The Labute approximate surface area is 249 Å². The average Bonchev–Trinajstić information content (AvgIpc) is 3.70. The Kier molecular flexibility index (Phi) is 8.44. The summed E-state index contributed by atoms with van der Waals surface area (Å²) in [7, 11) is 0. The van der Waals surface area contributed by atoms with Crippen molar-refractivity contribution in [1.29, 1.82) is 0 Å². The smallest absolute Gasteiger partial charge is 0.339 e. The first-order valence-corrected chi connectivity index (χ1v) is 15.2. The van der Waals surface area contributed by atoms with Crippen LogP contribution in [0.3, 0.4) is 0 Å². The predicted molar refractivity (Wildman–Crippen MR) is 162 cm³/mol. The highest BCUT2D eigenvalue weighted by molar-refractivity contribution is 5.80. The van der Waals surface area contributed by atoms with E-state index in [-0.39, 0.29) is 12.0 Å². The first kappa shape index (κ1) is 28.5. The summed E-state index contributed by atoms with van der Waals surface area (Å²) in [5, 5.41) is 8.12. The summed E-state index contributed by atoms with van der Waals surface area (Å²) in [4.78, 5) is 37.7. The van der Waals surface area contributed by atoms with Gasteiger partial charge in [-0.25, -0.2) is 9.78 Å². The topological polar surface area (TPSA) is 133 Å². The average molecular weight is 581 g/mol. The second-order valence-corrected chi connectivity index (χ2v) is 11.3. The van der Waals surface area contributed by atoms with Crippen LogP contribution < -0.4 is 11.3 Å². The Morgan fingerprint density at radius 1 is 0.930 bits per heavy atom. The molecule has 3 aromatic heterocycles. The van der Waals surface area contributed by atoms with E-state index in [2.05, 4.69) is 27.2 Å². The molecule has 0 unspecified atom stereocenters. The molecule has 1 aliphatic carbocycles. The molecule has 6 rings (SSSR count). The maximum Gasteiger partial charge on any atom is 0.439 e. The molecule has 3 heterocycles. The van der Waals surface area contributed by atoms with Gasteiger partial charge in [-0.3, -0.25) is 18.9 Å². The summed E-state index contributed by atoms with van der Waals surface area (Å²) in [5.41, 5.74) is 4.83. The van der Waals surface area contributed by atoms with Gasteiger partial charge in [0.1, 0.15) is 5.82 Å². The lowest BCUT2D eigenvalue weighted by Gasteiger charge is -2.17. The van der Waals surface area contributed by atoms with Crippen molar-refractivity contribution in [3.63, 3.8) is 0 Å². The molecule has 43 heavy (non-hydrogen) atoms. The van der Waals surface area contributed by atoms with Crippen LogP contribution in [-0.4, -0.2) is 29.8 Å². The molecule has 0 atom stereocenters. The molecule has 222 valence electrons. The second kappa shape index (κ2) is 12.7. The predicted octanol–water partition coefficient (Wildman–Crippen LogP) is 5.97. The highest BCUT2D eigenvalue weighted by Gasteiger charge is 2.23. The zero-order valence-electron chi connectivity index (χ0n) is 24.6. The number of nitrogens with zero attached hydrogens (tertiary/aromatic N) is 5. The molecule has 10 heteroatoms. The molecule has 2 aromatic carbocycles.